The minimum atomic E-state index is -1.29. The summed E-state index contributed by atoms with van der Waals surface area (Å²) in [6.45, 7) is 4.96. The predicted molar refractivity (Wildman–Crippen MR) is 131 cm³/mol. The summed E-state index contributed by atoms with van der Waals surface area (Å²) in [7, 11) is 0. The monoisotopic (exact) mass is 538 g/mol. The van der Waals surface area contributed by atoms with Gasteiger partial charge < -0.3 is 39.5 Å². The summed E-state index contributed by atoms with van der Waals surface area (Å²) in [4.78, 5) is 58.4. The lowest BCUT2D eigenvalue weighted by molar-refractivity contribution is -0.308. The molecule has 1 aromatic rings. The van der Waals surface area contributed by atoms with Gasteiger partial charge in [-0.05, 0) is 25.0 Å². The summed E-state index contributed by atoms with van der Waals surface area (Å²) < 4.78 is 32.8. The zero-order chi connectivity index (χ0) is 28.2. The first-order chi connectivity index (χ1) is 18.0. The number of para-hydroxylation sites is 1. The molecule has 38 heavy (non-hydrogen) atoms. The molecule has 13 heteroatoms. The Morgan fingerprint density at radius 1 is 0.842 bits per heavy atom. The van der Waals surface area contributed by atoms with Gasteiger partial charge >= 0.3 is 23.9 Å². The molecule has 1 amide bonds. The lowest BCUT2D eigenvalue weighted by Crippen LogP contribution is -2.63. The van der Waals surface area contributed by atoms with Gasteiger partial charge in [0.15, 0.2) is 24.6 Å². The number of unbranched alkanes of at least 4 members (excludes halogenated alkanes) is 1. The molecule has 0 saturated carbocycles. The van der Waals surface area contributed by atoms with Gasteiger partial charge in [-0.1, -0.05) is 12.1 Å². The van der Waals surface area contributed by atoms with Crippen molar-refractivity contribution in [1.29, 1.82) is 0 Å². The Bertz CT molecular complexity index is 999. The highest BCUT2D eigenvalue weighted by atomic mass is 16.7. The quantitative estimate of drug-likeness (QED) is 0.208. The number of ether oxygens (including phenoxy) is 6. The minimum absolute atomic E-state index is 0.146. The molecule has 0 bridgehead atoms. The highest BCUT2D eigenvalue weighted by Crippen LogP contribution is 2.30. The SMILES string of the molecule is CC(=O)OC[C@H]1O[C@H](OCCCCNc2ccccc2C(N)=O)[C@H](OC(C)=O)[C@@H](OC(C)=O)[C@@H]1OC(C)=O. The number of amides is 1. The molecule has 3 N–H and O–H groups in total. The number of nitrogens with two attached hydrogens (primary N) is 1. The number of hydrogen-bond donors (Lipinski definition) is 2. The Balaban J connectivity index is 2.09. The van der Waals surface area contributed by atoms with Crippen LogP contribution in [0.1, 0.15) is 50.9 Å². The second kappa shape index (κ2) is 14.9. The van der Waals surface area contributed by atoms with E-state index in [9.17, 15) is 24.0 Å². The van der Waals surface area contributed by atoms with Gasteiger partial charge in [0, 0.05) is 46.5 Å². The number of carbonyl (C=O) groups is 5. The molecule has 1 aliphatic heterocycles. The van der Waals surface area contributed by atoms with Crippen LogP contribution in [0, 0.1) is 0 Å². The molecule has 1 aliphatic rings. The van der Waals surface area contributed by atoms with Crippen molar-refractivity contribution in [2.75, 3.05) is 25.1 Å². The van der Waals surface area contributed by atoms with Gasteiger partial charge in [-0.3, -0.25) is 24.0 Å². The smallest absolute Gasteiger partial charge is 0.303 e. The van der Waals surface area contributed by atoms with Crippen molar-refractivity contribution in [3.05, 3.63) is 29.8 Å². The number of nitrogens with one attached hydrogen (secondary N) is 1. The van der Waals surface area contributed by atoms with Gasteiger partial charge in [0.05, 0.1) is 5.56 Å². The first-order valence-electron chi connectivity index (χ1n) is 12.0. The summed E-state index contributed by atoms with van der Waals surface area (Å²) in [5, 5.41) is 3.14. The number of carbonyl (C=O) groups excluding carboxylic acids is 5. The molecular formula is C25H34N2O11. The molecule has 2 rings (SSSR count). The summed E-state index contributed by atoms with van der Waals surface area (Å²) in [6, 6.07) is 6.86. The summed E-state index contributed by atoms with van der Waals surface area (Å²) in [5.74, 6) is -3.29. The van der Waals surface area contributed by atoms with Crippen molar-refractivity contribution in [3.8, 4) is 0 Å². The molecule has 5 atom stereocenters. The van der Waals surface area contributed by atoms with Crippen LogP contribution in [0.2, 0.25) is 0 Å². The van der Waals surface area contributed by atoms with Gasteiger partial charge in [0.25, 0.3) is 5.91 Å². The molecule has 1 aromatic carbocycles. The Hall–Kier alpha value is -3.71. The fourth-order valence-electron chi connectivity index (χ4n) is 3.82. The molecule has 0 spiro atoms. The van der Waals surface area contributed by atoms with E-state index in [1.165, 1.54) is 6.92 Å². The first-order valence-corrected chi connectivity index (χ1v) is 12.0. The van der Waals surface area contributed by atoms with Crippen LogP contribution in [-0.2, 0) is 47.6 Å². The maximum atomic E-state index is 11.9. The van der Waals surface area contributed by atoms with Gasteiger partial charge in [-0.15, -0.1) is 0 Å². The fourth-order valence-corrected chi connectivity index (χ4v) is 3.82. The van der Waals surface area contributed by atoms with E-state index in [0.717, 1.165) is 20.8 Å². The molecule has 1 heterocycles. The topological polar surface area (TPSA) is 179 Å². The molecule has 0 unspecified atom stereocenters. The van der Waals surface area contributed by atoms with Gasteiger partial charge in [0.1, 0.15) is 12.7 Å². The number of anilines is 1. The van der Waals surface area contributed by atoms with Crippen LogP contribution in [0.5, 0.6) is 0 Å². The average Bonchev–Trinajstić information content (AvgIpc) is 2.82. The number of esters is 4. The van der Waals surface area contributed by atoms with Crippen molar-refractivity contribution >= 4 is 35.5 Å². The number of hydrogen-bond acceptors (Lipinski definition) is 12. The van der Waals surface area contributed by atoms with Gasteiger partial charge in [-0.2, -0.15) is 0 Å². The summed E-state index contributed by atoms with van der Waals surface area (Å²) >= 11 is 0. The Morgan fingerprint density at radius 2 is 1.45 bits per heavy atom. The highest BCUT2D eigenvalue weighted by Gasteiger charge is 2.52. The molecule has 1 fully saturated rings. The normalized spacial score (nSPS) is 22.6. The van der Waals surface area contributed by atoms with Crippen LogP contribution in [0.3, 0.4) is 0 Å². The van der Waals surface area contributed by atoms with Crippen molar-refractivity contribution in [2.24, 2.45) is 5.73 Å². The minimum Gasteiger partial charge on any atom is -0.463 e. The zero-order valence-electron chi connectivity index (χ0n) is 21.8. The standard InChI is InChI=1S/C25H34N2O11/c1-14(28)34-13-20-21(35-15(2)29)22(36-16(3)30)23(37-17(4)31)25(38-20)33-12-8-7-11-27-19-10-6-5-9-18(19)24(26)32/h5-6,9-10,20-23,25,27H,7-8,11-13H2,1-4H3,(H2,26,32)/t20-,21-,22+,23-,25+/m1/s1. The lowest BCUT2D eigenvalue weighted by Gasteiger charge is -2.44. The van der Waals surface area contributed by atoms with Crippen LogP contribution >= 0.6 is 0 Å². The average molecular weight is 539 g/mol. The van der Waals surface area contributed by atoms with Gasteiger partial charge in [-0.25, -0.2) is 0 Å². The van der Waals surface area contributed by atoms with Crippen molar-refractivity contribution in [1.82, 2.24) is 0 Å². The first kappa shape index (κ1) is 30.5. The summed E-state index contributed by atoms with van der Waals surface area (Å²) in [6.07, 6.45) is -4.94. The molecule has 0 aliphatic carbocycles. The zero-order valence-corrected chi connectivity index (χ0v) is 21.8. The third kappa shape index (κ3) is 9.63. The molecule has 210 valence electrons. The van der Waals surface area contributed by atoms with E-state index in [1.54, 1.807) is 24.3 Å². The maximum Gasteiger partial charge on any atom is 0.303 e. The second-order valence-electron chi connectivity index (χ2n) is 8.48. The van der Waals surface area contributed by atoms with E-state index in [1.807, 2.05) is 0 Å². The van der Waals surface area contributed by atoms with E-state index >= 15 is 0 Å². The largest absolute Gasteiger partial charge is 0.463 e. The van der Waals surface area contributed by atoms with Crippen molar-refractivity contribution in [2.45, 2.75) is 71.2 Å². The van der Waals surface area contributed by atoms with Crippen molar-refractivity contribution < 1.29 is 52.4 Å². The number of primary amides is 1. The van der Waals surface area contributed by atoms with Crippen LogP contribution in [-0.4, -0.2) is 80.2 Å². The summed E-state index contributed by atoms with van der Waals surface area (Å²) in [5.41, 5.74) is 6.38. The van der Waals surface area contributed by atoms with Crippen LogP contribution in [0.25, 0.3) is 0 Å². The highest BCUT2D eigenvalue weighted by molar-refractivity contribution is 5.98. The van der Waals surface area contributed by atoms with E-state index < -0.39 is 60.5 Å². The predicted octanol–water partition coefficient (Wildman–Crippen LogP) is 1.08. The number of benzene rings is 1. The molecule has 0 aromatic heterocycles. The lowest BCUT2D eigenvalue weighted by atomic mass is 9.98. The third-order valence-electron chi connectivity index (χ3n) is 5.31. The molecule has 13 nitrogen and oxygen atoms in total. The van der Waals surface area contributed by atoms with Crippen LogP contribution in [0.15, 0.2) is 24.3 Å². The molecule has 1 saturated heterocycles. The third-order valence-corrected chi connectivity index (χ3v) is 5.31. The Labute approximate surface area is 220 Å². The van der Waals surface area contributed by atoms with Crippen molar-refractivity contribution in [3.63, 3.8) is 0 Å². The van der Waals surface area contributed by atoms with Crippen LogP contribution < -0.4 is 11.1 Å². The van der Waals surface area contributed by atoms with E-state index in [4.69, 9.17) is 34.2 Å². The maximum absolute atomic E-state index is 11.9. The van der Waals surface area contributed by atoms with Crippen LogP contribution in [0.4, 0.5) is 5.69 Å². The Morgan fingerprint density at radius 3 is 2.05 bits per heavy atom. The second-order valence-corrected chi connectivity index (χ2v) is 8.48. The molecular weight excluding hydrogens is 504 g/mol. The molecule has 0 radical (unpaired) electrons. The van der Waals surface area contributed by atoms with E-state index in [2.05, 4.69) is 5.32 Å². The number of rotatable bonds is 13. The van der Waals surface area contributed by atoms with Gasteiger partial charge in [0.2, 0.25) is 0 Å². The Kier molecular flexibility index (Phi) is 12.0. The van der Waals surface area contributed by atoms with E-state index in [0.29, 0.717) is 30.6 Å². The van der Waals surface area contributed by atoms with E-state index in [-0.39, 0.29) is 13.2 Å². The fraction of sp³-hybridized carbons (Fsp3) is 0.560.